The first-order valence-corrected chi connectivity index (χ1v) is 6.46. The van der Waals surface area contributed by atoms with Crippen molar-refractivity contribution in [2.24, 2.45) is 0 Å². The van der Waals surface area contributed by atoms with Crippen molar-refractivity contribution in [1.82, 2.24) is 9.99 Å². The molecule has 0 aromatic carbocycles. The van der Waals surface area contributed by atoms with Crippen molar-refractivity contribution in [3.8, 4) is 0 Å². The van der Waals surface area contributed by atoms with Crippen LogP contribution in [0.5, 0.6) is 0 Å². The zero-order valence-corrected chi connectivity index (χ0v) is 9.54. The molecule has 8 heteroatoms. The molecular weight excluding hydrogens is 231 g/mol. The molecule has 0 unspecified atom stereocenters. The third-order valence-electron chi connectivity index (χ3n) is 1.60. The molecule has 1 amide bonds. The normalized spacial score (nSPS) is 22.0. The van der Waals surface area contributed by atoms with E-state index < -0.39 is 18.1 Å². The molecule has 0 saturated carbocycles. The van der Waals surface area contributed by atoms with Crippen molar-refractivity contribution in [2.75, 3.05) is 0 Å². The number of hydrogen-bond acceptors (Lipinski definition) is 3. The number of amides is 1. The smallest absolute Gasteiger partial charge is 0.293 e. The highest BCUT2D eigenvalue weighted by atomic mass is 32.5. The molecule has 0 aromatic rings. The van der Waals surface area contributed by atoms with Crippen LogP contribution in [0.4, 0.5) is 0 Å². The highest BCUT2D eigenvalue weighted by Crippen LogP contribution is 2.44. The van der Waals surface area contributed by atoms with Gasteiger partial charge in [0.2, 0.25) is 0 Å². The predicted molar refractivity (Wildman–Crippen MR) is 55.4 cm³/mol. The fraction of sp³-hybridized carbons (Fsp3) is 0.600. The second-order valence-electron chi connectivity index (χ2n) is 3.19. The minimum Gasteiger partial charge on any atom is -0.348 e. The summed E-state index contributed by atoms with van der Waals surface area (Å²) in [5.74, 6) is -0.508. The first kappa shape index (κ1) is 11.0. The van der Waals surface area contributed by atoms with Crippen molar-refractivity contribution in [2.45, 2.75) is 19.4 Å². The molecule has 13 heavy (non-hydrogen) atoms. The molecule has 1 fully saturated rings. The van der Waals surface area contributed by atoms with E-state index in [1.54, 1.807) is 13.8 Å². The zero-order chi connectivity index (χ0) is 10.4. The topological polar surface area (TPSA) is 72.8 Å². The molecule has 0 aliphatic carbocycles. The lowest BCUT2D eigenvalue weighted by Gasteiger charge is -2.20. The van der Waals surface area contributed by atoms with E-state index in [-0.39, 0.29) is 5.11 Å². The van der Waals surface area contributed by atoms with Gasteiger partial charge in [0.25, 0.3) is 12.5 Å². The molecule has 0 bridgehead atoms. The van der Waals surface area contributed by atoms with Gasteiger partial charge in [0.15, 0.2) is 5.11 Å². The fourth-order valence-electron chi connectivity index (χ4n) is 0.967. The second kappa shape index (κ2) is 2.96. The van der Waals surface area contributed by atoms with Crippen LogP contribution >= 0.6 is 18.9 Å². The van der Waals surface area contributed by atoms with Crippen LogP contribution in [-0.2, 0) is 16.6 Å². The van der Waals surface area contributed by atoms with Crippen LogP contribution in [0.2, 0.25) is 0 Å². The molecular formula is C5H9N2O3PS2. The molecule has 0 radical (unpaired) electrons. The van der Waals surface area contributed by atoms with Gasteiger partial charge in [-0.2, -0.15) is 0 Å². The van der Waals surface area contributed by atoms with Gasteiger partial charge in [0.1, 0.15) is 5.54 Å². The fourth-order valence-corrected chi connectivity index (χ4v) is 3.04. The van der Waals surface area contributed by atoms with Gasteiger partial charge < -0.3 is 15.1 Å². The first-order chi connectivity index (χ1) is 5.66. The van der Waals surface area contributed by atoms with E-state index in [0.29, 0.717) is 4.67 Å². The zero-order valence-electron chi connectivity index (χ0n) is 7.01. The summed E-state index contributed by atoms with van der Waals surface area (Å²) < 4.78 is 0.678. The third kappa shape index (κ3) is 1.89. The molecule has 74 valence electrons. The molecule has 0 spiro atoms. The lowest BCUT2D eigenvalue weighted by atomic mass is 10.1. The van der Waals surface area contributed by atoms with Crippen LogP contribution in [0.15, 0.2) is 0 Å². The molecule has 1 aliphatic heterocycles. The molecule has 1 saturated heterocycles. The number of nitrogens with zero attached hydrogens (tertiary/aromatic N) is 1. The van der Waals surface area contributed by atoms with Crippen LogP contribution in [0.25, 0.3) is 0 Å². The minimum atomic E-state index is -3.79. The number of carbonyl (C=O) groups is 1. The van der Waals surface area contributed by atoms with Crippen molar-refractivity contribution >= 4 is 41.7 Å². The Labute approximate surface area is 86.0 Å². The molecule has 3 N–H and O–H groups in total. The van der Waals surface area contributed by atoms with E-state index in [1.165, 1.54) is 0 Å². The molecule has 5 nitrogen and oxygen atoms in total. The monoisotopic (exact) mass is 240 g/mol. The Morgan fingerprint density at radius 2 is 2.00 bits per heavy atom. The average molecular weight is 240 g/mol. The van der Waals surface area contributed by atoms with Gasteiger partial charge >= 0.3 is 0 Å². The summed E-state index contributed by atoms with van der Waals surface area (Å²) >= 11 is 9.15. The summed E-state index contributed by atoms with van der Waals surface area (Å²) in [5, 5.41) is 2.62. The number of carbonyl (C=O) groups excluding carboxylic acids is 1. The number of thiocarbonyl (C=S) groups is 1. The van der Waals surface area contributed by atoms with E-state index in [0.717, 1.165) is 0 Å². The summed E-state index contributed by atoms with van der Waals surface area (Å²) in [6.07, 6.45) is 0. The van der Waals surface area contributed by atoms with Gasteiger partial charge in [0.05, 0.1) is 0 Å². The van der Waals surface area contributed by atoms with Gasteiger partial charge in [0, 0.05) is 0 Å². The molecule has 1 aliphatic rings. The van der Waals surface area contributed by atoms with E-state index in [2.05, 4.69) is 17.1 Å². The van der Waals surface area contributed by atoms with Crippen molar-refractivity contribution in [3.05, 3.63) is 0 Å². The van der Waals surface area contributed by atoms with Gasteiger partial charge in [-0.25, -0.2) is 4.67 Å². The van der Waals surface area contributed by atoms with Gasteiger partial charge in [-0.1, -0.05) is 0 Å². The van der Waals surface area contributed by atoms with E-state index in [9.17, 15) is 4.79 Å². The molecule has 0 aromatic heterocycles. The Hall–Kier alpha value is -0.0700. The predicted octanol–water partition coefficient (Wildman–Crippen LogP) is -0.309. The lowest BCUT2D eigenvalue weighted by molar-refractivity contribution is -0.127. The summed E-state index contributed by atoms with van der Waals surface area (Å²) in [7, 11) is 0. The number of hydrogen-bond donors (Lipinski definition) is 3. The van der Waals surface area contributed by atoms with Crippen molar-refractivity contribution in [3.63, 3.8) is 0 Å². The van der Waals surface area contributed by atoms with Gasteiger partial charge in [-0.15, -0.1) is 0 Å². The van der Waals surface area contributed by atoms with Crippen LogP contribution in [0, 0.1) is 0 Å². The maximum Gasteiger partial charge on any atom is 0.293 e. The Morgan fingerprint density at radius 3 is 2.15 bits per heavy atom. The lowest BCUT2D eigenvalue weighted by Crippen LogP contribution is -2.40. The second-order valence-corrected chi connectivity index (χ2v) is 6.47. The number of nitrogens with one attached hydrogen (secondary N) is 1. The van der Waals surface area contributed by atoms with Gasteiger partial charge in [-0.05, 0) is 37.9 Å². The molecule has 1 rings (SSSR count). The summed E-state index contributed by atoms with van der Waals surface area (Å²) in [4.78, 5) is 29.8. The van der Waals surface area contributed by atoms with Crippen molar-refractivity contribution in [1.29, 1.82) is 0 Å². The van der Waals surface area contributed by atoms with E-state index >= 15 is 0 Å². The quantitative estimate of drug-likeness (QED) is 0.431. The van der Waals surface area contributed by atoms with Crippen LogP contribution < -0.4 is 5.32 Å². The maximum atomic E-state index is 11.5. The Bertz CT molecular complexity index is 324. The largest absolute Gasteiger partial charge is 0.348 e. The summed E-state index contributed by atoms with van der Waals surface area (Å²) in [6.45, 7) is -0.612. The third-order valence-corrected chi connectivity index (χ3v) is 3.41. The Kier molecular flexibility index (Phi) is 2.51. The summed E-state index contributed by atoms with van der Waals surface area (Å²) in [6, 6.07) is 0. The number of rotatable bonds is 1. The molecule has 1 heterocycles. The minimum absolute atomic E-state index is 0.0247. The standard InChI is InChI=1S/C5H9N2O3PS2/c1-5(2)3(8)7(4(12)6-5)11(9,10)13/h1-2H3,(H,6,12)(H2,9,10,13). The molecule has 0 atom stereocenters. The van der Waals surface area contributed by atoms with E-state index in [1.807, 2.05) is 0 Å². The Balaban J connectivity index is 3.11. The van der Waals surface area contributed by atoms with Crippen molar-refractivity contribution < 1.29 is 14.6 Å². The first-order valence-electron chi connectivity index (χ1n) is 3.39. The van der Waals surface area contributed by atoms with Crippen LogP contribution in [0.3, 0.4) is 0 Å². The summed E-state index contributed by atoms with van der Waals surface area (Å²) in [5.41, 5.74) is -0.910. The highest BCUT2D eigenvalue weighted by Gasteiger charge is 2.47. The van der Waals surface area contributed by atoms with E-state index in [4.69, 9.17) is 22.0 Å². The maximum absolute atomic E-state index is 11.5. The highest BCUT2D eigenvalue weighted by molar-refractivity contribution is 8.08. The Morgan fingerprint density at radius 1 is 1.54 bits per heavy atom. The SMILES string of the molecule is CC1(C)NC(=S)N(P(O)(O)=S)C1=O. The van der Waals surface area contributed by atoms with Gasteiger partial charge in [-0.3, -0.25) is 4.79 Å². The van der Waals surface area contributed by atoms with Crippen LogP contribution in [0.1, 0.15) is 13.8 Å². The van der Waals surface area contributed by atoms with Crippen LogP contribution in [-0.4, -0.2) is 31.0 Å². The average Bonchev–Trinajstić information content (AvgIpc) is 1.99.